The van der Waals surface area contributed by atoms with E-state index in [9.17, 15) is 9.59 Å². The predicted molar refractivity (Wildman–Crippen MR) is 105 cm³/mol. The number of anilines is 1. The van der Waals surface area contributed by atoms with E-state index in [2.05, 4.69) is 10.6 Å². The van der Waals surface area contributed by atoms with E-state index in [4.69, 9.17) is 16.3 Å². The zero-order valence-electron chi connectivity index (χ0n) is 14.9. The summed E-state index contributed by atoms with van der Waals surface area (Å²) >= 11 is 6.08. The maximum absolute atomic E-state index is 12.5. The van der Waals surface area contributed by atoms with E-state index in [1.807, 2.05) is 24.3 Å². The molecule has 27 heavy (non-hydrogen) atoms. The summed E-state index contributed by atoms with van der Waals surface area (Å²) in [6, 6.07) is 14.6. The van der Waals surface area contributed by atoms with Crippen molar-refractivity contribution in [1.29, 1.82) is 0 Å². The average molecular weight is 388 g/mol. The van der Waals surface area contributed by atoms with Crippen LogP contribution in [0.1, 0.15) is 15.9 Å². The van der Waals surface area contributed by atoms with Gasteiger partial charge in [-0.1, -0.05) is 35.9 Å². The van der Waals surface area contributed by atoms with Crippen molar-refractivity contribution in [2.24, 2.45) is 0 Å². The van der Waals surface area contributed by atoms with Crippen LogP contribution >= 0.6 is 11.6 Å². The van der Waals surface area contributed by atoms with Gasteiger partial charge in [0.2, 0.25) is 5.91 Å². The fourth-order valence-electron chi connectivity index (χ4n) is 2.79. The zero-order valence-corrected chi connectivity index (χ0v) is 15.7. The third-order valence-electron chi connectivity index (χ3n) is 4.29. The number of benzene rings is 2. The zero-order chi connectivity index (χ0) is 19.1. The predicted octanol–water partition coefficient (Wildman–Crippen LogP) is 2.54. The van der Waals surface area contributed by atoms with Gasteiger partial charge in [0.25, 0.3) is 5.91 Å². The lowest BCUT2D eigenvalue weighted by atomic mass is 10.1. The summed E-state index contributed by atoms with van der Waals surface area (Å²) in [5, 5.41) is 6.50. The summed E-state index contributed by atoms with van der Waals surface area (Å²) in [4.78, 5) is 26.4. The van der Waals surface area contributed by atoms with Crippen LogP contribution in [0.3, 0.4) is 0 Å². The molecule has 0 aromatic heterocycles. The summed E-state index contributed by atoms with van der Waals surface area (Å²) in [7, 11) is 0. The molecule has 0 unspecified atom stereocenters. The van der Waals surface area contributed by atoms with Gasteiger partial charge in [0.15, 0.2) is 0 Å². The Morgan fingerprint density at radius 2 is 1.85 bits per heavy atom. The Hall–Kier alpha value is -2.57. The molecule has 0 saturated carbocycles. The van der Waals surface area contributed by atoms with Crippen molar-refractivity contribution in [3.63, 3.8) is 0 Å². The van der Waals surface area contributed by atoms with Gasteiger partial charge in [-0.3, -0.25) is 9.59 Å². The second-order valence-electron chi connectivity index (χ2n) is 6.21. The van der Waals surface area contributed by atoms with Crippen LogP contribution < -0.4 is 10.6 Å². The van der Waals surface area contributed by atoms with Gasteiger partial charge in [0, 0.05) is 35.9 Å². The van der Waals surface area contributed by atoms with E-state index in [-0.39, 0.29) is 18.4 Å². The monoisotopic (exact) mass is 387 g/mol. The molecule has 2 aromatic rings. The van der Waals surface area contributed by atoms with E-state index in [0.29, 0.717) is 43.4 Å². The lowest BCUT2D eigenvalue weighted by Gasteiger charge is -2.27. The molecule has 0 radical (unpaired) electrons. The fraction of sp³-hybridized carbons (Fsp3) is 0.300. The van der Waals surface area contributed by atoms with Gasteiger partial charge in [-0.15, -0.1) is 0 Å². The summed E-state index contributed by atoms with van der Waals surface area (Å²) in [5.41, 5.74) is 2.19. The third-order valence-corrected chi connectivity index (χ3v) is 4.66. The van der Waals surface area contributed by atoms with Crippen molar-refractivity contribution in [2.75, 3.05) is 38.2 Å². The Morgan fingerprint density at radius 3 is 2.63 bits per heavy atom. The molecule has 2 N–H and O–H groups in total. The van der Waals surface area contributed by atoms with Crippen molar-refractivity contribution in [1.82, 2.24) is 10.2 Å². The maximum atomic E-state index is 12.5. The molecule has 1 aliphatic heterocycles. The Balaban J connectivity index is 1.51. The number of amides is 2. The van der Waals surface area contributed by atoms with Crippen LogP contribution in [0.4, 0.5) is 5.69 Å². The van der Waals surface area contributed by atoms with Crippen molar-refractivity contribution in [3.8, 4) is 0 Å². The Morgan fingerprint density at radius 1 is 1.07 bits per heavy atom. The first-order valence-electron chi connectivity index (χ1n) is 8.84. The molecule has 0 bridgehead atoms. The minimum Gasteiger partial charge on any atom is -0.378 e. The number of ether oxygens (including phenoxy) is 1. The van der Waals surface area contributed by atoms with Crippen LogP contribution in [-0.2, 0) is 16.1 Å². The molecular weight excluding hydrogens is 366 g/mol. The molecule has 1 aliphatic rings. The number of hydrogen-bond acceptors (Lipinski definition) is 4. The molecule has 142 valence electrons. The number of carbonyl (C=O) groups is 2. The standard InChI is InChI=1S/C20H22ClN3O3/c21-18-7-2-1-4-16(18)13-23-19(25)14-22-17-6-3-5-15(12-17)20(26)24-8-10-27-11-9-24/h1-7,12,22H,8-11,13-14H2,(H,23,25). The summed E-state index contributed by atoms with van der Waals surface area (Å²) in [5.74, 6) is -0.176. The van der Waals surface area contributed by atoms with Crippen molar-refractivity contribution >= 4 is 29.1 Å². The van der Waals surface area contributed by atoms with Gasteiger partial charge in [-0.05, 0) is 29.8 Å². The van der Waals surface area contributed by atoms with Crippen LogP contribution in [0.15, 0.2) is 48.5 Å². The lowest BCUT2D eigenvalue weighted by molar-refractivity contribution is -0.119. The quantitative estimate of drug-likeness (QED) is 0.799. The first-order valence-corrected chi connectivity index (χ1v) is 9.22. The summed E-state index contributed by atoms with van der Waals surface area (Å²) in [6.45, 7) is 2.81. The highest BCUT2D eigenvalue weighted by atomic mass is 35.5. The molecule has 3 rings (SSSR count). The van der Waals surface area contributed by atoms with Gasteiger partial charge in [-0.25, -0.2) is 0 Å². The van der Waals surface area contributed by atoms with Crippen LogP contribution in [0.25, 0.3) is 0 Å². The fourth-order valence-corrected chi connectivity index (χ4v) is 2.99. The van der Waals surface area contributed by atoms with Crippen LogP contribution in [0, 0.1) is 0 Å². The van der Waals surface area contributed by atoms with Crippen LogP contribution in [-0.4, -0.2) is 49.6 Å². The van der Waals surface area contributed by atoms with Gasteiger partial charge in [0.05, 0.1) is 19.8 Å². The summed E-state index contributed by atoms with van der Waals surface area (Å²) < 4.78 is 5.28. The minimum atomic E-state index is -0.153. The largest absolute Gasteiger partial charge is 0.378 e. The second-order valence-corrected chi connectivity index (χ2v) is 6.61. The molecule has 1 saturated heterocycles. The number of rotatable bonds is 6. The molecule has 0 spiro atoms. The van der Waals surface area contributed by atoms with Gasteiger partial charge >= 0.3 is 0 Å². The second kappa shape index (κ2) is 9.39. The minimum absolute atomic E-state index is 0.0230. The van der Waals surface area contributed by atoms with E-state index in [1.54, 1.807) is 29.2 Å². The molecule has 0 atom stereocenters. The number of carbonyl (C=O) groups excluding carboxylic acids is 2. The van der Waals surface area contributed by atoms with Gasteiger partial charge < -0.3 is 20.3 Å². The molecule has 2 aromatic carbocycles. The van der Waals surface area contributed by atoms with Crippen LogP contribution in [0.5, 0.6) is 0 Å². The Labute approximate surface area is 163 Å². The normalized spacial score (nSPS) is 13.9. The number of morpholine rings is 1. The number of nitrogens with zero attached hydrogens (tertiary/aromatic N) is 1. The number of halogens is 1. The highest BCUT2D eigenvalue weighted by molar-refractivity contribution is 6.31. The maximum Gasteiger partial charge on any atom is 0.254 e. The van der Waals surface area contributed by atoms with Gasteiger partial charge in [-0.2, -0.15) is 0 Å². The van der Waals surface area contributed by atoms with Crippen molar-refractivity contribution in [2.45, 2.75) is 6.54 Å². The molecule has 1 heterocycles. The smallest absolute Gasteiger partial charge is 0.254 e. The topological polar surface area (TPSA) is 70.7 Å². The van der Waals surface area contributed by atoms with E-state index in [0.717, 1.165) is 11.3 Å². The Kier molecular flexibility index (Phi) is 6.68. The lowest BCUT2D eigenvalue weighted by Crippen LogP contribution is -2.40. The molecule has 1 fully saturated rings. The molecular formula is C20H22ClN3O3. The SMILES string of the molecule is O=C(CNc1cccc(C(=O)N2CCOCC2)c1)NCc1ccccc1Cl. The van der Waals surface area contributed by atoms with E-state index >= 15 is 0 Å². The molecule has 7 heteroatoms. The highest BCUT2D eigenvalue weighted by Gasteiger charge is 2.18. The molecule has 0 aliphatic carbocycles. The first kappa shape index (κ1) is 19.2. The average Bonchev–Trinajstić information content (AvgIpc) is 2.72. The molecule has 2 amide bonds. The van der Waals surface area contributed by atoms with Crippen molar-refractivity contribution < 1.29 is 14.3 Å². The summed E-state index contributed by atoms with van der Waals surface area (Å²) in [6.07, 6.45) is 0. The van der Waals surface area contributed by atoms with Crippen LogP contribution in [0.2, 0.25) is 5.02 Å². The van der Waals surface area contributed by atoms with E-state index < -0.39 is 0 Å². The third kappa shape index (κ3) is 5.45. The first-order chi connectivity index (χ1) is 13.1. The molecule has 6 nitrogen and oxygen atoms in total. The Bertz CT molecular complexity index is 807. The highest BCUT2D eigenvalue weighted by Crippen LogP contribution is 2.15. The van der Waals surface area contributed by atoms with E-state index in [1.165, 1.54) is 0 Å². The van der Waals surface area contributed by atoms with Crippen molar-refractivity contribution in [3.05, 3.63) is 64.7 Å². The van der Waals surface area contributed by atoms with Gasteiger partial charge in [0.1, 0.15) is 0 Å². The number of hydrogen-bond donors (Lipinski definition) is 2. The number of nitrogens with one attached hydrogen (secondary N) is 2.